The van der Waals surface area contributed by atoms with E-state index in [0.717, 1.165) is 0 Å². The maximum Gasteiger partial charge on any atom is 0.319 e. The number of nitrogens with two attached hydrogens (primary N) is 1. The van der Waals surface area contributed by atoms with Crippen LogP contribution >= 0.6 is 0 Å². The van der Waals surface area contributed by atoms with Gasteiger partial charge in [0, 0.05) is 6.54 Å². The van der Waals surface area contributed by atoms with E-state index in [-0.39, 0.29) is 6.54 Å². The molecule has 0 heterocycles. The summed E-state index contributed by atoms with van der Waals surface area (Å²) in [5, 5.41) is 5.24. The van der Waals surface area contributed by atoms with E-state index in [9.17, 15) is 9.59 Å². The minimum Gasteiger partial charge on any atom is -0.495 e. The van der Waals surface area contributed by atoms with Crippen molar-refractivity contribution in [2.75, 3.05) is 19.0 Å². The summed E-state index contributed by atoms with van der Waals surface area (Å²) >= 11 is 0. The lowest BCUT2D eigenvalue weighted by Gasteiger charge is -2.21. The number of methoxy groups -OCH3 is 1. The highest BCUT2D eigenvalue weighted by Crippen LogP contribution is 2.22. The number of ether oxygens (including phenoxy) is 1. The van der Waals surface area contributed by atoms with Crippen LogP contribution in [0.2, 0.25) is 0 Å². The van der Waals surface area contributed by atoms with Crippen LogP contribution in [-0.2, 0) is 4.79 Å². The standard InChI is InChI=1S/C13H19N3O3/c1-13(2,11(14)17)8-15-12(18)16-9-6-4-5-7-10(9)19-3/h4-7H,8H2,1-3H3,(H2,14,17)(H2,15,16,18). The number of nitrogens with one attached hydrogen (secondary N) is 2. The maximum absolute atomic E-state index is 11.7. The molecule has 0 atom stereocenters. The highest BCUT2D eigenvalue weighted by atomic mass is 16.5. The number of primary amides is 1. The Balaban J connectivity index is 2.59. The largest absolute Gasteiger partial charge is 0.495 e. The van der Waals surface area contributed by atoms with Gasteiger partial charge in [-0.1, -0.05) is 12.1 Å². The van der Waals surface area contributed by atoms with Gasteiger partial charge >= 0.3 is 6.03 Å². The molecule has 0 aliphatic rings. The van der Waals surface area contributed by atoms with Crippen molar-refractivity contribution in [2.24, 2.45) is 11.1 Å². The fraction of sp³-hybridized carbons (Fsp3) is 0.385. The fourth-order valence-corrected chi connectivity index (χ4v) is 1.30. The topological polar surface area (TPSA) is 93.4 Å². The first-order valence-corrected chi connectivity index (χ1v) is 5.84. The Morgan fingerprint density at radius 3 is 2.53 bits per heavy atom. The number of benzene rings is 1. The van der Waals surface area contributed by atoms with Gasteiger partial charge in [0.1, 0.15) is 5.75 Å². The van der Waals surface area contributed by atoms with E-state index in [2.05, 4.69) is 10.6 Å². The van der Waals surface area contributed by atoms with E-state index < -0.39 is 17.4 Å². The highest BCUT2D eigenvalue weighted by molar-refractivity contribution is 5.91. The van der Waals surface area contributed by atoms with Gasteiger partial charge in [0.2, 0.25) is 5.91 Å². The van der Waals surface area contributed by atoms with Crippen LogP contribution in [0, 0.1) is 5.41 Å². The monoisotopic (exact) mass is 265 g/mol. The number of rotatable bonds is 5. The van der Waals surface area contributed by atoms with Gasteiger partial charge in [-0.3, -0.25) is 4.79 Å². The second-order valence-electron chi connectivity index (χ2n) is 4.76. The number of carbonyl (C=O) groups excluding carboxylic acids is 2. The normalized spacial score (nSPS) is 10.7. The van der Waals surface area contributed by atoms with Crippen LogP contribution < -0.4 is 21.1 Å². The SMILES string of the molecule is COc1ccccc1NC(=O)NCC(C)(C)C(N)=O. The highest BCUT2D eigenvalue weighted by Gasteiger charge is 2.25. The molecule has 0 saturated carbocycles. The smallest absolute Gasteiger partial charge is 0.319 e. The Labute approximate surface area is 112 Å². The first-order chi connectivity index (χ1) is 8.86. The van der Waals surface area contributed by atoms with Gasteiger partial charge in [-0.25, -0.2) is 4.79 Å². The second kappa shape index (κ2) is 6.08. The first-order valence-electron chi connectivity index (χ1n) is 5.84. The van der Waals surface area contributed by atoms with Crippen molar-refractivity contribution in [1.82, 2.24) is 5.32 Å². The number of hydrogen-bond donors (Lipinski definition) is 3. The zero-order valence-corrected chi connectivity index (χ0v) is 11.3. The molecule has 19 heavy (non-hydrogen) atoms. The molecule has 3 amide bonds. The maximum atomic E-state index is 11.7. The van der Waals surface area contributed by atoms with E-state index in [4.69, 9.17) is 10.5 Å². The predicted molar refractivity (Wildman–Crippen MR) is 73.0 cm³/mol. The molecule has 104 valence electrons. The van der Waals surface area contributed by atoms with Crippen LogP contribution in [0.15, 0.2) is 24.3 Å². The van der Waals surface area contributed by atoms with Crippen LogP contribution in [0.25, 0.3) is 0 Å². The molecule has 0 fully saturated rings. The number of hydrogen-bond acceptors (Lipinski definition) is 3. The Hall–Kier alpha value is -2.24. The number of para-hydroxylation sites is 2. The van der Waals surface area contributed by atoms with E-state index >= 15 is 0 Å². The average Bonchev–Trinajstić information content (AvgIpc) is 2.37. The first kappa shape index (κ1) is 14.8. The van der Waals surface area contributed by atoms with Gasteiger partial charge in [-0.05, 0) is 26.0 Å². The van der Waals surface area contributed by atoms with Crippen LogP contribution in [0.5, 0.6) is 5.75 Å². The van der Waals surface area contributed by atoms with Crippen LogP contribution in [0.1, 0.15) is 13.8 Å². The molecule has 0 aromatic heterocycles. The molecule has 1 rings (SSSR count). The molecule has 0 radical (unpaired) electrons. The molecule has 0 spiro atoms. The second-order valence-corrected chi connectivity index (χ2v) is 4.76. The number of urea groups is 1. The van der Waals surface area contributed by atoms with Crippen LogP contribution in [0.4, 0.5) is 10.5 Å². The summed E-state index contributed by atoms with van der Waals surface area (Å²) < 4.78 is 5.11. The lowest BCUT2D eigenvalue weighted by Crippen LogP contribution is -2.43. The molecule has 4 N–H and O–H groups in total. The third-order valence-electron chi connectivity index (χ3n) is 2.71. The number of anilines is 1. The predicted octanol–water partition coefficient (Wildman–Crippen LogP) is 1.33. The van der Waals surface area contributed by atoms with Crippen molar-refractivity contribution in [3.8, 4) is 5.75 Å². The zero-order chi connectivity index (χ0) is 14.5. The molecular weight excluding hydrogens is 246 g/mol. The van der Waals surface area contributed by atoms with E-state index in [1.165, 1.54) is 7.11 Å². The summed E-state index contributed by atoms with van der Waals surface area (Å²) in [6.07, 6.45) is 0. The lowest BCUT2D eigenvalue weighted by atomic mass is 9.93. The number of amides is 3. The summed E-state index contributed by atoms with van der Waals surface area (Å²) in [6, 6.07) is 6.63. The molecule has 1 aromatic rings. The fourth-order valence-electron chi connectivity index (χ4n) is 1.30. The van der Waals surface area contributed by atoms with Crippen molar-refractivity contribution in [2.45, 2.75) is 13.8 Å². The van der Waals surface area contributed by atoms with Crippen LogP contribution in [0.3, 0.4) is 0 Å². The Bertz CT molecular complexity index is 472. The lowest BCUT2D eigenvalue weighted by molar-refractivity contribution is -0.125. The van der Waals surface area contributed by atoms with Gasteiger partial charge in [-0.2, -0.15) is 0 Å². The molecule has 6 heteroatoms. The van der Waals surface area contributed by atoms with Gasteiger partial charge < -0.3 is 21.1 Å². The third-order valence-corrected chi connectivity index (χ3v) is 2.71. The van der Waals surface area contributed by atoms with Crippen molar-refractivity contribution < 1.29 is 14.3 Å². The quantitative estimate of drug-likeness (QED) is 0.749. The third kappa shape index (κ3) is 4.17. The summed E-state index contributed by atoms with van der Waals surface area (Å²) in [7, 11) is 1.52. The van der Waals surface area contributed by atoms with E-state index in [0.29, 0.717) is 11.4 Å². The molecular formula is C13H19N3O3. The van der Waals surface area contributed by atoms with Crippen LogP contribution in [-0.4, -0.2) is 25.6 Å². The van der Waals surface area contributed by atoms with E-state index in [1.54, 1.807) is 38.1 Å². The minimum atomic E-state index is -0.794. The number of carbonyl (C=O) groups is 2. The van der Waals surface area contributed by atoms with Crippen molar-refractivity contribution in [1.29, 1.82) is 0 Å². The molecule has 0 saturated heterocycles. The Morgan fingerprint density at radius 2 is 1.95 bits per heavy atom. The molecule has 0 aliphatic carbocycles. The average molecular weight is 265 g/mol. The molecule has 0 bridgehead atoms. The zero-order valence-electron chi connectivity index (χ0n) is 11.3. The van der Waals surface area contributed by atoms with Gasteiger partial charge in [0.25, 0.3) is 0 Å². The van der Waals surface area contributed by atoms with Gasteiger partial charge in [-0.15, -0.1) is 0 Å². The van der Waals surface area contributed by atoms with Crippen molar-refractivity contribution in [3.63, 3.8) is 0 Å². The molecule has 0 aliphatic heterocycles. The molecule has 0 unspecified atom stereocenters. The summed E-state index contributed by atoms with van der Waals surface area (Å²) in [5.74, 6) is 0.0944. The summed E-state index contributed by atoms with van der Waals surface area (Å²) in [5.41, 5.74) is 4.99. The van der Waals surface area contributed by atoms with Gasteiger partial charge in [0.15, 0.2) is 0 Å². The van der Waals surface area contributed by atoms with Crippen molar-refractivity contribution in [3.05, 3.63) is 24.3 Å². The van der Waals surface area contributed by atoms with E-state index in [1.807, 2.05) is 0 Å². The molecule has 6 nitrogen and oxygen atoms in total. The summed E-state index contributed by atoms with van der Waals surface area (Å²) in [6.45, 7) is 3.49. The van der Waals surface area contributed by atoms with Crippen molar-refractivity contribution >= 4 is 17.6 Å². The Morgan fingerprint density at radius 1 is 1.32 bits per heavy atom. The van der Waals surface area contributed by atoms with Gasteiger partial charge in [0.05, 0.1) is 18.2 Å². The minimum absolute atomic E-state index is 0.156. The summed E-state index contributed by atoms with van der Waals surface area (Å²) in [4.78, 5) is 22.8. The molecule has 1 aromatic carbocycles. The Kier molecular flexibility index (Phi) is 4.74.